The normalized spacial score (nSPS) is 17.2. The lowest BCUT2D eigenvalue weighted by atomic mass is 9.98. The first-order valence-electron chi connectivity index (χ1n) is 11.9. The Morgan fingerprint density at radius 2 is 1.97 bits per heavy atom. The lowest BCUT2D eigenvalue weighted by molar-refractivity contribution is -0.127. The zero-order valence-corrected chi connectivity index (χ0v) is 20.0. The number of hydrogen-bond donors (Lipinski definition) is 2. The summed E-state index contributed by atoms with van der Waals surface area (Å²) < 4.78 is 7.88. The highest BCUT2D eigenvalue weighted by atomic mass is 16.5. The maximum absolute atomic E-state index is 13.1. The highest BCUT2D eigenvalue weighted by Crippen LogP contribution is 2.25. The Labute approximate surface area is 198 Å². The first-order chi connectivity index (χ1) is 16.3. The second kappa shape index (κ2) is 10.0. The van der Waals surface area contributed by atoms with Crippen LogP contribution in [0.1, 0.15) is 55.5 Å². The lowest BCUT2D eigenvalue weighted by Gasteiger charge is -2.30. The number of carbonyl (C=O) groups excluding carboxylic acids is 2. The average molecular weight is 472 g/mol. The number of aromatic nitrogens is 3. The van der Waals surface area contributed by atoms with Crippen LogP contribution in [-0.4, -0.2) is 68.9 Å². The largest absolute Gasteiger partial charge is 0.494 e. The van der Waals surface area contributed by atoms with Gasteiger partial charge in [0, 0.05) is 51.0 Å². The molecule has 34 heavy (non-hydrogen) atoms. The van der Waals surface area contributed by atoms with Crippen LogP contribution in [0.2, 0.25) is 0 Å². The van der Waals surface area contributed by atoms with Crippen LogP contribution in [0.5, 0.6) is 5.88 Å². The third-order valence-corrected chi connectivity index (χ3v) is 6.33. The van der Waals surface area contributed by atoms with Gasteiger partial charge in [0.15, 0.2) is 5.56 Å². The second-order valence-corrected chi connectivity index (χ2v) is 9.65. The number of fused-ring (bicyclic) bond motifs is 1. The zero-order chi connectivity index (χ0) is 24.4. The molecule has 2 aliphatic rings. The number of methoxy groups -OCH3 is 1. The van der Waals surface area contributed by atoms with Crippen molar-refractivity contribution in [2.45, 2.75) is 52.1 Å². The summed E-state index contributed by atoms with van der Waals surface area (Å²) in [4.78, 5) is 40.3. The maximum Gasteiger partial charge on any atom is 0.291 e. The molecule has 184 valence electrons. The number of piperidine rings is 1. The van der Waals surface area contributed by atoms with Crippen molar-refractivity contribution in [2.24, 2.45) is 11.8 Å². The molecular formula is C24H33N5O5. The Balaban J connectivity index is 1.64. The van der Waals surface area contributed by atoms with E-state index in [4.69, 9.17) is 4.74 Å². The number of likely N-dealkylation sites (tertiary alicyclic amines) is 1. The molecule has 0 aromatic carbocycles. The summed E-state index contributed by atoms with van der Waals surface area (Å²) >= 11 is 0. The van der Waals surface area contributed by atoms with E-state index in [0.717, 1.165) is 30.2 Å². The molecule has 2 N–H and O–H groups in total. The Hall–Kier alpha value is -3.14. The number of ether oxygens (including phenoxy) is 1. The number of rotatable bonds is 8. The summed E-state index contributed by atoms with van der Waals surface area (Å²) in [5, 5.41) is 17.9. The molecule has 4 rings (SSSR count). The molecule has 0 bridgehead atoms. The summed E-state index contributed by atoms with van der Waals surface area (Å²) in [6, 6.07) is 0.0437. The summed E-state index contributed by atoms with van der Waals surface area (Å²) in [7, 11) is 1.69. The average Bonchev–Trinajstić information content (AvgIpc) is 3.51. The molecule has 2 fully saturated rings. The molecule has 1 aliphatic heterocycles. The number of carbonyl (C=O) groups is 2. The van der Waals surface area contributed by atoms with Crippen molar-refractivity contribution in [3.8, 4) is 5.88 Å². The van der Waals surface area contributed by atoms with Crippen LogP contribution in [0.15, 0.2) is 17.1 Å². The van der Waals surface area contributed by atoms with Crippen molar-refractivity contribution in [3.63, 3.8) is 0 Å². The van der Waals surface area contributed by atoms with Crippen LogP contribution in [-0.2, 0) is 16.1 Å². The van der Waals surface area contributed by atoms with E-state index in [1.165, 1.54) is 16.8 Å². The number of hydrogen-bond acceptors (Lipinski definition) is 6. The van der Waals surface area contributed by atoms with Crippen LogP contribution in [0.25, 0.3) is 11.7 Å². The molecule has 1 aliphatic carbocycles. The van der Waals surface area contributed by atoms with E-state index >= 15 is 0 Å². The lowest BCUT2D eigenvalue weighted by Crippen LogP contribution is -2.38. The van der Waals surface area contributed by atoms with Crippen molar-refractivity contribution >= 4 is 23.5 Å². The van der Waals surface area contributed by atoms with E-state index in [2.05, 4.69) is 10.4 Å². The van der Waals surface area contributed by atoms with Crippen LogP contribution in [0, 0.1) is 11.8 Å². The Bertz CT molecular complexity index is 1150. The topological polar surface area (TPSA) is 118 Å². The first kappa shape index (κ1) is 24.0. The van der Waals surface area contributed by atoms with Gasteiger partial charge in [0.25, 0.3) is 11.5 Å². The minimum absolute atomic E-state index is 0.0437. The predicted octanol–water partition coefficient (Wildman–Crippen LogP) is 1.65. The molecule has 10 heteroatoms. The molecule has 10 nitrogen and oxygen atoms in total. The van der Waals surface area contributed by atoms with Crippen LogP contribution < -0.4 is 10.9 Å². The highest BCUT2D eigenvalue weighted by Gasteiger charge is 2.30. The first-order valence-corrected chi connectivity index (χ1v) is 11.9. The molecule has 1 saturated carbocycles. The van der Waals surface area contributed by atoms with Gasteiger partial charge in [-0.2, -0.15) is 9.61 Å². The van der Waals surface area contributed by atoms with Gasteiger partial charge < -0.3 is 20.1 Å². The van der Waals surface area contributed by atoms with Gasteiger partial charge in [-0.1, -0.05) is 13.8 Å². The summed E-state index contributed by atoms with van der Waals surface area (Å²) in [5.74, 6) is -0.497. The molecule has 2 aromatic rings. The molecule has 0 unspecified atom stereocenters. The van der Waals surface area contributed by atoms with E-state index in [1.54, 1.807) is 18.1 Å². The number of nitrogens with zero attached hydrogens (tertiary/aromatic N) is 4. The van der Waals surface area contributed by atoms with Gasteiger partial charge in [-0.25, -0.2) is 0 Å². The molecule has 2 amide bonds. The van der Waals surface area contributed by atoms with Gasteiger partial charge in [0.05, 0.1) is 6.20 Å². The second-order valence-electron chi connectivity index (χ2n) is 9.65. The highest BCUT2D eigenvalue weighted by molar-refractivity contribution is 5.97. The smallest absolute Gasteiger partial charge is 0.291 e. The molecular weight excluding hydrogens is 438 g/mol. The fraction of sp³-hybridized carbons (Fsp3) is 0.583. The fourth-order valence-corrected chi connectivity index (χ4v) is 4.37. The predicted molar refractivity (Wildman–Crippen MR) is 127 cm³/mol. The van der Waals surface area contributed by atoms with Gasteiger partial charge in [-0.05, 0) is 43.6 Å². The molecule has 0 atom stereocenters. The van der Waals surface area contributed by atoms with E-state index in [0.29, 0.717) is 43.4 Å². The van der Waals surface area contributed by atoms with Crippen LogP contribution in [0.3, 0.4) is 0 Å². The molecule has 0 spiro atoms. The van der Waals surface area contributed by atoms with E-state index in [9.17, 15) is 19.5 Å². The van der Waals surface area contributed by atoms with Gasteiger partial charge in [-0.3, -0.25) is 19.0 Å². The van der Waals surface area contributed by atoms with Gasteiger partial charge in [0.2, 0.25) is 11.8 Å². The number of nitrogens with one attached hydrogen (secondary N) is 1. The SMILES string of the molecule is COCC1CCN(C(=O)C=Cc2cnn3c(=O)c(C(=O)NC4CC4)c(O)n(CC(C)C)c23)CC1. The van der Waals surface area contributed by atoms with Gasteiger partial charge in [-0.15, -0.1) is 0 Å². The van der Waals surface area contributed by atoms with E-state index < -0.39 is 11.5 Å². The molecule has 2 aromatic heterocycles. The van der Waals surface area contributed by atoms with Crippen molar-refractivity contribution in [2.75, 3.05) is 26.8 Å². The third-order valence-electron chi connectivity index (χ3n) is 6.33. The third kappa shape index (κ3) is 5.01. The summed E-state index contributed by atoms with van der Waals surface area (Å²) in [6.07, 6.45) is 8.10. The van der Waals surface area contributed by atoms with Crippen molar-refractivity contribution < 1.29 is 19.4 Å². The maximum atomic E-state index is 13.1. The standard InChI is InChI=1S/C24H33N5O5/c1-15(2)13-28-22-17(4-7-19(30)27-10-8-16(9-11-27)14-34-3)12-25-29(22)24(33)20(23(28)32)21(31)26-18-5-6-18/h4,7,12,15-16,18,32H,5-6,8-11,13-14H2,1-3H3,(H,26,31). The monoisotopic (exact) mass is 471 g/mol. The molecule has 3 heterocycles. The zero-order valence-electron chi connectivity index (χ0n) is 20.0. The van der Waals surface area contributed by atoms with E-state index in [1.807, 2.05) is 13.8 Å². The molecule has 1 saturated heterocycles. The van der Waals surface area contributed by atoms with Gasteiger partial charge in [0.1, 0.15) is 5.65 Å². The Kier molecular flexibility index (Phi) is 7.06. The van der Waals surface area contributed by atoms with E-state index in [-0.39, 0.29) is 29.3 Å². The number of amides is 2. The van der Waals surface area contributed by atoms with Gasteiger partial charge >= 0.3 is 0 Å². The van der Waals surface area contributed by atoms with Crippen LogP contribution >= 0.6 is 0 Å². The minimum Gasteiger partial charge on any atom is -0.494 e. The van der Waals surface area contributed by atoms with Crippen molar-refractivity contribution in [1.82, 2.24) is 24.4 Å². The van der Waals surface area contributed by atoms with Crippen molar-refractivity contribution in [3.05, 3.63) is 33.8 Å². The quantitative estimate of drug-likeness (QED) is 0.565. The fourth-order valence-electron chi connectivity index (χ4n) is 4.37. The Morgan fingerprint density at radius 1 is 1.26 bits per heavy atom. The minimum atomic E-state index is -0.683. The summed E-state index contributed by atoms with van der Waals surface area (Å²) in [5.41, 5.74) is -0.127. The number of aromatic hydroxyl groups is 1. The van der Waals surface area contributed by atoms with Crippen LogP contribution in [0.4, 0.5) is 0 Å². The molecule has 0 radical (unpaired) electrons. The van der Waals surface area contributed by atoms with Crippen molar-refractivity contribution in [1.29, 1.82) is 0 Å². The summed E-state index contributed by atoms with van der Waals surface area (Å²) in [6.45, 7) is 6.36. The Morgan fingerprint density at radius 3 is 2.59 bits per heavy atom.